The molecular weight excluding hydrogens is 436 g/mol. The Morgan fingerprint density at radius 1 is 1.30 bits per heavy atom. The van der Waals surface area contributed by atoms with Crippen molar-refractivity contribution in [3.8, 4) is 5.75 Å². The van der Waals surface area contributed by atoms with E-state index in [9.17, 15) is 15.0 Å². The SMILES string of the molecule is CCCCSCCCN1CC[C@@H](CCC(O)c2ccnc3ccc(OC)cc23)[C@@H](C(=O)O)C1. The summed E-state index contributed by atoms with van der Waals surface area (Å²) >= 11 is 2.00. The van der Waals surface area contributed by atoms with Crippen LogP contribution in [0.2, 0.25) is 0 Å². The minimum atomic E-state index is -0.712. The molecule has 6 nitrogen and oxygen atoms in total. The average molecular weight is 475 g/mol. The number of unbranched alkanes of at least 4 members (excludes halogenated alkanes) is 1. The van der Waals surface area contributed by atoms with Gasteiger partial charge in [0.1, 0.15) is 5.75 Å². The standard InChI is InChI=1S/C26H38N2O4S/c1-3-4-15-33-16-5-13-28-14-11-19(23(18-28)26(30)31)6-9-25(29)21-10-12-27-24-8-7-20(32-2)17-22(21)24/h7-8,10,12,17,19,23,25,29H,3-6,9,11,13-16,18H2,1-2H3,(H,30,31)/t19-,23+,25?/m1/s1. The number of ether oxygens (including phenoxy) is 1. The first-order valence-corrected chi connectivity index (χ1v) is 13.3. The highest BCUT2D eigenvalue weighted by molar-refractivity contribution is 7.99. The molecule has 3 atom stereocenters. The summed E-state index contributed by atoms with van der Waals surface area (Å²) in [5.41, 5.74) is 1.64. The van der Waals surface area contributed by atoms with Gasteiger partial charge in [0.05, 0.1) is 24.6 Å². The first-order valence-electron chi connectivity index (χ1n) is 12.2. The topological polar surface area (TPSA) is 82.9 Å². The lowest BCUT2D eigenvalue weighted by Crippen LogP contribution is -2.44. The van der Waals surface area contributed by atoms with Crippen LogP contribution in [0.5, 0.6) is 5.75 Å². The molecule has 3 rings (SSSR count). The van der Waals surface area contributed by atoms with Crippen molar-refractivity contribution in [2.45, 2.75) is 51.6 Å². The van der Waals surface area contributed by atoms with Crippen LogP contribution >= 0.6 is 11.8 Å². The predicted octanol–water partition coefficient (Wildman–Crippen LogP) is 5.00. The second kappa shape index (κ2) is 13.2. The van der Waals surface area contributed by atoms with Crippen molar-refractivity contribution in [3.63, 3.8) is 0 Å². The van der Waals surface area contributed by atoms with E-state index in [1.807, 2.05) is 36.0 Å². The van der Waals surface area contributed by atoms with E-state index in [4.69, 9.17) is 4.74 Å². The highest BCUT2D eigenvalue weighted by Crippen LogP contribution is 2.33. The molecule has 0 radical (unpaired) electrons. The Morgan fingerprint density at radius 3 is 2.88 bits per heavy atom. The number of aromatic nitrogens is 1. The van der Waals surface area contributed by atoms with Gasteiger partial charge < -0.3 is 19.8 Å². The van der Waals surface area contributed by atoms with Crippen molar-refractivity contribution >= 4 is 28.6 Å². The normalized spacial score (nSPS) is 20.1. The van der Waals surface area contributed by atoms with Crippen molar-refractivity contribution in [2.75, 3.05) is 38.2 Å². The van der Waals surface area contributed by atoms with E-state index in [1.165, 1.54) is 18.6 Å². The molecule has 1 aromatic heterocycles. The molecule has 33 heavy (non-hydrogen) atoms. The molecule has 1 aromatic carbocycles. The number of aliphatic hydroxyl groups is 1. The minimum Gasteiger partial charge on any atom is -0.497 e. The van der Waals surface area contributed by atoms with E-state index < -0.39 is 12.1 Å². The number of carboxylic acid groups (broad SMARTS) is 1. The fourth-order valence-electron chi connectivity index (χ4n) is 4.73. The summed E-state index contributed by atoms with van der Waals surface area (Å²) in [5.74, 6) is 2.11. The van der Waals surface area contributed by atoms with Gasteiger partial charge in [-0.1, -0.05) is 13.3 Å². The molecule has 0 saturated carbocycles. The molecule has 0 aliphatic carbocycles. The van der Waals surface area contributed by atoms with Crippen LogP contribution in [0.4, 0.5) is 0 Å². The maximum absolute atomic E-state index is 12.0. The number of hydrogen-bond acceptors (Lipinski definition) is 6. The number of aliphatic carboxylic acids is 1. The third-order valence-corrected chi connectivity index (χ3v) is 7.87. The van der Waals surface area contributed by atoms with Gasteiger partial charge in [0.25, 0.3) is 0 Å². The summed E-state index contributed by atoms with van der Waals surface area (Å²) in [4.78, 5) is 18.7. The Labute approximate surface area is 201 Å². The van der Waals surface area contributed by atoms with E-state index in [0.717, 1.165) is 53.9 Å². The number of nitrogens with zero attached hydrogens (tertiary/aromatic N) is 2. The molecule has 1 unspecified atom stereocenters. The molecular formula is C26H38N2O4S. The molecule has 0 bridgehead atoms. The summed E-state index contributed by atoms with van der Waals surface area (Å²) in [5, 5.41) is 21.7. The zero-order valence-electron chi connectivity index (χ0n) is 19.9. The monoisotopic (exact) mass is 474 g/mol. The second-order valence-corrected chi connectivity index (χ2v) is 10.2. The molecule has 7 heteroatoms. The van der Waals surface area contributed by atoms with Crippen LogP contribution < -0.4 is 4.74 Å². The van der Waals surface area contributed by atoms with Crippen LogP contribution in [-0.2, 0) is 4.79 Å². The Morgan fingerprint density at radius 2 is 2.12 bits per heavy atom. The third-order valence-electron chi connectivity index (χ3n) is 6.71. The number of methoxy groups -OCH3 is 1. The van der Waals surface area contributed by atoms with Crippen LogP contribution in [0, 0.1) is 11.8 Å². The van der Waals surface area contributed by atoms with Gasteiger partial charge in [-0.3, -0.25) is 9.78 Å². The molecule has 182 valence electrons. The molecule has 1 aliphatic rings. The lowest BCUT2D eigenvalue weighted by atomic mass is 9.81. The van der Waals surface area contributed by atoms with Gasteiger partial charge in [0, 0.05) is 18.1 Å². The molecule has 2 N–H and O–H groups in total. The molecule has 0 amide bonds. The number of carboxylic acids is 1. The lowest BCUT2D eigenvalue weighted by Gasteiger charge is -2.37. The smallest absolute Gasteiger partial charge is 0.308 e. The fraction of sp³-hybridized carbons (Fsp3) is 0.615. The number of fused-ring (bicyclic) bond motifs is 1. The zero-order chi connectivity index (χ0) is 23.6. The predicted molar refractivity (Wildman–Crippen MR) is 135 cm³/mol. The van der Waals surface area contributed by atoms with Crippen LogP contribution in [0.1, 0.15) is 57.1 Å². The Kier molecular flexibility index (Phi) is 10.3. The number of likely N-dealkylation sites (tertiary alicyclic amines) is 1. The number of hydrogen-bond donors (Lipinski definition) is 2. The van der Waals surface area contributed by atoms with Gasteiger partial charge in [-0.15, -0.1) is 0 Å². The zero-order valence-corrected chi connectivity index (χ0v) is 20.7. The van der Waals surface area contributed by atoms with Crippen molar-refractivity contribution < 1.29 is 19.7 Å². The van der Waals surface area contributed by atoms with Crippen molar-refractivity contribution in [1.29, 1.82) is 0 Å². The summed E-state index contributed by atoms with van der Waals surface area (Å²) in [6.07, 6.45) is 6.79. The van der Waals surface area contributed by atoms with Gasteiger partial charge >= 0.3 is 5.97 Å². The van der Waals surface area contributed by atoms with Crippen LogP contribution in [-0.4, -0.2) is 64.3 Å². The van der Waals surface area contributed by atoms with E-state index >= 15 is 0 Å². The average Bonchev–Trinajstić information content (AvgIpc) is 2.84. The highest BCUT2D eigenvalue weighted by Gasteiger charge is 2.34. The summed E-state index contributed by atoms with van der Waals surface area (Å²) in [7, 11) is 1.62. The summed E-state index contributed by atoms with van der Waals surface area (Å²) < 4.78 is 5.33. The molecule has 2 heterocycles. The minimum absolute atomic E-state index is 0.0926. The number of carbonyl (C=O) groups is 1. The molecule has 1 aliphatic heterocycles. The number of rotatable bonds is 13. The first kappa shape index (κ1) is 25.8. The molecule has 1 fully saturated rings. The van der Waals surface area contributed by atoms with Gasteiger partial charge in [-0.2, -0.15) is 11.8 Å². The number of pyridine rings is 1. The maximum atomic E-state index is 12.0. The number of benzene rings is 1. The fourth-order valence-corrected chi connectivity index (χ4v) is 5.76. The number of piperidine rings is 1. The first-order chi connectivity index (χ1) is 16.0. The van der Waals surface area contributed by atoms with Crippen molar-refractivity contribution in [1.82, 2.24) is 9.88 Å². The molecule has 1 saturated heterocycles. The maximum Gasteiger partial charge on any atom is 0.308 e. The largest absolute Gasteiger partial charge is 0.497 e. The molecule has 2 aromatic rings. The van der Waals surface area contributed by atoms with Gasteiger partial charge in [-0.25, -0.2) is 0 Å². The van der Waals surface area contributed by atoms with Crippen LogP contribution in [0.3, 0.4) is 0 Å². The van der Waals surface area contributed by atoms with Gasteiger partial charge in [0.15, 0.2) is 0 Å². The molecule has 0 spiro atoms. The van der Waals surface area contributed by atoms with Gasteiger partial charge in [-0.05, 0) is 92.4 Å². The summed E-state index contributed by atoms with van der Waals surface area (Å²) in [6, 6.07) is 7.51. The number of thioether (sulfide) groups is 1. The highest BCUT2D eigenvalue weighted by atomic mass is 32.2. The van der Waals surface area contributed by atoms with E-state index in [-0.39, 0.29) is 11.8 Å². The van der Waals surface area contributed by atoms with Crippen molar-refractivity contribution in [2.24, 2.45) is 11.8 Å². The van der Waals surface area contributed by atoms with Crippen LogP contribution in [0.25, 0.3) is 10.9 Å². The van der Waals surface area contributed by atoms with E-state index in [1.54, 1.807) is 13.3 Å². The van der Waals surface area contributed by atoms with Gasteiger partial charge in [0.2, 0.25) is 0 Å². The third kappa shape index (κ3) is 7.33. The Balaban J connectivity index is 1.54. The Bertz CT molecular complexity index is 894. The van der Waals surface area contributed by atoms with E-state index in [2.05, 4.69) is 16.8 Å². The second-order valence-electron chi connectivity index (χ2n) is 8.99. The number of aliphatic hydroxyl groups excluding tert-OH is 1. The summed E-state index contributed by atoms with van der Waals surface area (Å²) in [6.45, 7) is 4.75. The van der Waals surface area contributed by atoms with E-state index in [0.29, 0.717) is 19.4 Å². The quantitative estimate of drug-likeness (QED) is 0.395. The van der Waals surface area contributed by atoms with Crippen molar-refractivity contribution in [3.05, 3.63) is 36.0 Å². The lowest BCUT2D eigenvalue weighted by molar-refractivity contribution is -0.146. The Hall–Kier alpha value is -1.83. The van der Waals surface area contributed by atoms with Crippen LogP contribution in [0.15, 0.2) is 30.5 Å².